The zero-order valence-corrected chi connectivity index (χ0v) is 17.5. The number of hydrogen-bond donors (Lipinski definition) is 1. The van der Waals surface area contributed by atoms with Crippen molar-refractivity contribution in [2.45, 2.75) is 38.5 Å². The number of carbonyl (C=O) groups excluding carboxylic acids is 1. The maximum atomic E-state index is 12.7. The highest BCUT2D eigenvalue weighted by Crippen LogP contribution is 2.30. The number of rotatable bonds is 6. The highest BCUT2D eigenvalue weighted by molar-refractivity contribution is 5.75. The van der Waals surface area contributed by atoms with E-state index in [0.717, 1.165) is 25.1 Å². The van der Waals surface area contributed by atoms with Gasteiger partial charge >= 0.3 is 12.2 Å². The van der Waals surface area contributed by atoms with Crippen LogP contribution < -0.4 is 5.32 Å². The van der Waals surface area contributed by atoms with Crippen LogP contribution in [0.3, 0.4) is 0 Å². The maximum Gasteiger partial charge on any atom is 0.416 e. The lowest BCUT2D eigenvalue weighted by Gasteiger charge is -2.44. The van der Waals surface area contributed by atoms with E-state index in [-0.39, 0.29) is 12.1 Å². The third-order valence-corrected chi connectivity index (χ3v) is 5.85. The predicted octanol–water partition coefficient (Wildman–Crippen LogP) is 4.64. The molecule has 0 saturated carbocycles. The molecule has 0 aromatic heterocycles. The molecule has 3 rings (SSSR count). The molecule has 0 radical (unpaired) electrons. The van der Waals surface area contributed by atoms with Crippen LogP contribution in [-0.4, -0.2) is 48.6 Å². The van der Waals surface area contributed by atoms with E-state index in [1.807, 2.05) is 6.07 Å². The van der Waals surface area contributed by atoms with Crippen LogP contribution in [0.15, 0.2) is 48.5 Å². The number of aryl methyl sites for hydroxylation is 1. The topological polar surface area (TPSA) is 35.6 Å². The Bertz CT molecular complexity index is 861. The van der Waals surface area contributed by atoms with Gasteiger partial charge in [-0.2, -0.15) is 13.2 Å². The summed E-state index contributed by atoms with van der Waals surface area (Å²) in [6.45, 7) is 6.10. The summed E-state index contributed by atoms with van der Waals surface area (Å²) in [6.07, 6.45) is -3.39. The van der Waals surface area contributed by atoms with Gasteiger partial charge < -0.3 is 10.2 Å². The summed E-state index contributed by atoms with van der Waals surface area (Å²) < 4.78 is 38.0. The molecule has 0 aliphatic carbocycles. The lowest BCUT2D eigenvalue weighted by atomic mass is 10.0. The summed E-state index contributed by atoms with van der Waals surface area (Å²) in [6, 6.07) is 13.0. The molecule has 7 heteroatoms. The van der Waals surface area contributed by atoms with Gasteiger partial charge in [0, 0.05) is 25.7 Å². The number of likely N-dealkylation sites (tertiary alicyclic amines) is 1. The van der Waals surface area contributed by atoms with Crippen molar-refractivity contribution in [3.63, 3.8) is 0 Å². The Morgan fingerprint density at radius 1 is 1.17 bits per heavy atom. The summed E-state index contributed by atoms with van der Waals surface area (Å²) >= 11 is 0. The first-order chi connectivity index (χ1) is 14.1. The Morgan fingerprint density at radius 3 is 2.40 bits per heavy atom. The number of alkyl halides is 3. The van der Waals surface area contributed by atoms with Gasteiger partial charge in [0.15, 0.2) is 0 Å². The highest BCUT2D eigenvalue weighted by atomic mass is 19.4. The number of amides is 2. The van der Waals surface area contributed by atoms with E-state index in [2.05, 4.69) is 42.4 Å². The van der Waals surface area contributed by atoms with Crippen molar-refractivity contribution in [1.29, 1.82) is 0 Å². The molecule has 2 aromatic carbocycles. The number of benzene rings is 2. The van der Waals surface area contributed by atoms with Crippen molar-refractivity contribution < 1.29 is 18.0 Å². The van der Waals surface area contributed by atoms with Crippen LogP contribution in [0.2, 0.25) is 0 Å². The fraction of sp³-hybridized carbons (Fsp3) is 0.435. The Hall–Kier alpha value is -2.54. The molecule has 162 valence electrons. The maximum absolute atomic E-state index is 12.7. The molecule has 1 heterocycles. The van der Waals surface area contributed by atoms with Crippen LogP contribution in [-0.2, 0) is 12.6 Å². The second kappa shape index (κ2) is 9.08. The van der Waals surface area contributed by atoms with Crippen molar-refractivity contribution in [3.05, 3.63) is 70.8 Å². The standard InChI is InChI=1S/C23H28F3N3O/c1-16-6-4-5-7-18(16)12-13-28(3)21-14-29(15-21)22(30)27-17(2)19-8-10-20(11-9-19)23(24,25)26/h4-11,17,21H,12-15H2,1-3H3,(H,27,30). The second-order valence-corrected chi connectivity index (χ2v) is 8.01. The number of likely N-dealkylation sites (N-methyl/N-ethyl adjacent to an activating group) is 1. The summed E-state index contributed by atoms with van der Waals surface area (Å²) in [5.74, 6) is 0. The van der Waals surface area contributed by atoms with Gasteiger partial charge in [-0.05, 0) is 56.1 Å². The zero-order valence-electron chi connectivity index (χ0n) is 17.5. The molecule has 0 bridgehead atoms. The summed E-state index contributed by atoms with van der Waals surface area (Å²) in [5, 5.41) is 2.87. The lowest BCUT2D eigenvalue weighted by Crippen LogP contribution is -2.62. The molecule has 1 atom stereocenters. The Balaban J connectivity index is 1.44. The van der Waals surface area contributed by atoms with Crippen molar-refractivity contribution in [2.75, 3.05) is 26.7 Å². The van der Waals surface area contributed by atoms with Gasteiger partial charge in [0.05, 0.1) is 11.6 Å². The molecular formula is C23H28F3N3O. The third kappa shape index (κ3) is 5.33. The van der Waals surface area contributed by atoms with E-state index < -0.39 is 11.7 Å². The highest BCUT2D eigenvalue weighted by Gasteiger charge is 2.34. The van der Waals surface area contributed by atoms with Gasteiger partial charge in [-0.15, -0.1) is 0 Å². The molecule has 2 amide bonds. The number of urea groups is 1. The van der Waals surface area contributed by atoms with Gasteiger partial charge in [0.1, 0.15) is 0 Å². The largest absolute Gasteiger partial charge is 0.416 e. The van der Waals surface area contributed by atoms with E-state index >= 15 is 0 Å². The fourth-order valence-corrected chi connectivity index (χ4v) is 3.59. The Morgan fingerprint density at radius 2 is 1.80 bits per heavy atom. The van der Waals surface area contributed by atoms with Gasteiger partial charge in [0.25, 0.3) is 0 Å². The molecule has 1 aliphatic rings. The van der Waals surface area contributed by atoms with Crippen LogP contribution in [0.5, 0.6) is 0 Å². The molecule has 1 fully saturated rings. The van der Waals surface area contributed by atoms with E-state index in [1.54, 1.807) is 11.8 Å². The monoisotopic (exact) mass is 419 g/mol. The SMILES string of the molecule is Cc1ccccc1CCN(C)C1CN(C(=O)NC(C)c2ccc(C(F)(F)F)cc2)C1. The first-order valence-electron chi connectivity index (χ1n) is 10.1. The van der Waals surface area contributed by atoms with Gasteiger partial charge in [-0.25, -0.2) is 4.79 Å². The van der Waals surface area contributed by atoms with E-state index in [1.165, 1.54) is 23.3 Å². The Kier molecular flexibility index (Phi) is 6.71. The van der Waals surface area contributed by atoms with Gasteiger partial charge in [-0.3, -0.25) is 4.90 Å². The van der Waals surface area contributed by atoms with E-state index in [9.17, 15) is 18.0 Å². The van der Waals surface area contributed by atoms with E-state index in [4.69, 9.17) is 0 Å². The molecule has 2 aromatic rings. The molecule has 0 spiro atoms. The smallest absolute Gasteiger partial charge is 0.331 e. The minimum Gasteiger partial charge on any atom is -0.331 e. The average Bonchev–Trinajstić information content (AvgIpc) is 2.65. The van der Waals surface area contributed by atoms with Gasteiger partial charge in [-0.1, -0.05) is 36.4 Å². The summed E-state index contributed by atoms with van der Waals surface area (Å²) in [5.41, 5.74) is 2.58. The molecule has 1 saturated heterocycles. The number of carbonyl (C=O) groups is 1. The van der Waals surface area contributed by atoms with Crippen LogP contribution >= 0.6 is 0 Å². The lowest BCUT2D eigenvalue weighted by molar-refractivity contribution is -0.137. The summed E-state index contributed by atoms with van der Waals surface area (Å²) in [7, 11) is 2.07. The number of nitrogens with zero attached hydrogens (tertiary/aromatic N) is 2. The molecule has 1 unspecified atom stereocenters. The van der Waals surface area contributed by atoms with Crippen molar-refractivity contribution >= 4 is 6.03 Å². The van der Waals surface area contributed by atoms with Crippen LogP contribution in [0.4, 0.5) is 18.0 Å². The number of nitrogens with one attached hydrogen (secondary N) is 1. The fourth-order valence-electron chi connectivity index (χ4n) is 3.59. The normalized spacial score (nSPS) is 15.8. The van der Waals surface area contributed by atoms with Crippen molar-refractivity contribution in [3.8, 4) is 0 Å². The van der Waals surface area contributed by atoms with Crippen molar-refractivity contribution in [1.82, 2.24) is 15.1 Å². The first-order valence-corrected chi connectivity index (χ1v) is 10.1. The molecule has 30 heavy (non-hydrogen) atoms. The minimum absolute atomic E-state index is 0.189. The van der Waals surface area contributed by atoms with E-state index in [0.29, 0.717) is 24.7 Å². The molecular weight excluding hydrogens is 391 g/mol. The second-order valence-electron chi connectivity index (χ2n) is 8.01. The predicted molar refractivity (Wildman–Crippen MR) is 111 cm³/mol. The third-order valence-electron chi connectivity index (χ3n) is 5.85. The quantitative estimate of drug-likeness (QED) is 0.740. The molecule has 1 N–H and O–H groups in total. The zero-order chi connectivity index (χ0) is 21.9. The Labute approximate surface area is 175 Å². The number of hydrogen-bond acceptors (Lipinski definition) is 2. The van der Waals surface area contributed by atoms with Crippen LogP contribution in [0.25, 0.3) is 0 Å². The van der Waals surface area contributed by atoms with Gasteiger partial charge in [0.2, 0.25) is 0 Å². The summed E-state index contributed by atoms with van der Waals surface area (Å²) in [4.78, 5) is 16.4. The van der Waals surface area contributed by atoms with Crippen LogP contribution in [0.1, 0.15) is 35.2 Å². The number of halogens is 3. The molecule has 4 nitrogen and oxygen atoms in total. The van der Waals surface area contributed by atoms with Crippen molar-refractivity contribution in [2.24, 2.45) is 0 Å². The average molecular weight is 419 g/mol. The first kappa shape index (κ1) is 22.2. The van der Waals surface area contributed by atoms with Crippen LogP contribution in [0, 0.1) is 6.92 Å². The molecule has 1 aliphatic heterocycles. The minimum atomic E-state index is -4.36.